The van der Waals surface area contributed by atoms with Gasteiger partial charge in [0.2, 0.25) is 10.0 Å². The van der Waals surface area contributed by atoms with Gasteiger partial charge in [0.05, 0.1) is 4.90 Å². The van der Waals surface area contributed by atoms with Crippen molar-refractivity contribution in [1.29, 1.82) is 0 Å². The summed E-state index contributed by atoms with van der Waals surface area (Å²) in [7, 11) is -3.62. The molecule has 2 aromatic carbocycles. The molecule has 1 aliphatic heterocycles. The topological polar surface area (TPSA) is 64.6 Å². The standard InChI is InChI=1S/C15H14ClNO4S/c16-12-3-1-11(2-4-12)10-17-22(18,19)13-5-6-14-15(9-13)21-8-7-20-14/h1-6,9,17H,7-8,10H2. The minimum atomic E-state index is -3.62. The molecular weight excluding hydrogens is 326 g/mol. The lowest BCUT2D eigenvalue weighted by molar-refractivity contribution is 0.171. The molecule has 0 atom stereocenters. The third-order valence-corrected chi connectivity index (χ3v) is 4.85. The number of nitrogens with one attached hydrogen (secondary N) is 1. The van der Waals surface area contributed by atoms with Crippen LogP contribution in [0.4, 0.5) is 0 Å². The average Bonchev–Trinajstić information content (AvgIpc) is 2.54. The summed E-state index contributed by atoms with van der Waals surface area (Å²) in [6.45, 7) is 1.07. The molecule has 0 bridgehead atoms. The monoisotopic (exact) mass is 339 g/mol. The quantitative estimate of drug-likeness (QED) is 0.930. The third kappa shape index (κ3) is 3.35. The van der Waals surface area contributed by atoms with E-state index in [0.717, 1.165) is 5.56 Å². The van der Waals surface area contributed by atoms with Crippen molar-refractivity contribution in [2.24, 2.45) is 0 Å². The Balaban J connectivity index is 1.76. The molecule has 0 saturated heterocycles. The largest absolute Gasteiger partial charge is 0.486 e. The van der Waals surface area contributed by atoms with E-state index in [1.54, 1.807) is 30.3 Å². The first-order chi connectivity index (χ1) is 10.5. The van der Waals surface area contributed by atoms with Crippen molar-refractivity contribution in [3.05, 3.63) is 53.1 Å². The van der Waals surface area contributed by atoms with Gasteiger partial charge in [0.1, 0.15) is 13.2 Å². The van der Waals surface area contributed by atoms with E-state index in [9.17, 15) is 8.42 Å². The minimum Gasteiger partial charge on any atom is -0.486 e. The third-order valence-electron chi connectivity index (χ3n) is 3.20. The SMILES string of the molecule is O=S(=O)(NCc1ccc(Cl)cc1)c1ccc2c(c1)OCCO2. The predicted octanol–water partition coefficient (Wildman–Crippen LogP) is 2.59. The van der Waals surface area contributed by atoms with Crippen molar-refractivity contribution in [2.75, 3.05) is 13.2 Å². The Labute approximate surface area is 133 Å². The summed E-state index contributed by atoms with van der Waals surface area (Å²) in [6, 6.07) is 11.6. The molecule has 0 unspecified atom stereocenters. The van der Waals surface area contributed by atoms with Crippen molar-refractivity contribution in [2.45, 2.75) is 11.4 Å². The molecule has 22 heavy (non-hydrogen) atoms. The van der Waals surface area contributed by atoms with Gasteiger partial charge in [-0.3, -0.25) is 0 Å². The van der Waals surface area contributed by atoms with Crippen molar-refractivity contribution in [3.63, 3.8) is 0 Å². The maximum atomic E-state index is 12.3. The molecule has 0 radical (unpaired) electrons. The van der Waals surface area contributed by atoms with E-state index in [2.05, 4.69) is 4.72 Å². The number of ether oxygens (including phenoxy) is 2. The summed E-state index contributed by atoms with van der Waals surface area (Å²) in [5, 5.41) is 0.610. The van der Waals surface area contributed by atoms with Crippen LogP contribution in [-0.2, 0) is 16.6 Å². The van der Waals surface area contributed by atoms with E-state index < -0.39 is 10.0 Å². The van der Waals surface area contributed by atoms with Gasteiger partial charge in [0.15, 0.2) is 11.5 Å². The smallest absolute Gasteiger partial charge is 0.241 e. The van der Waals surface area contributed by atoms with Crippen LogP contribution in [0.2, 0.25) is 5.02 Å². The van der Waals surface area contributed by atoms with Crippen LogP contribution < -0.4 is 14.2 Å². The lowest BCUT2D eigenvalue weighted by Gasteiger charge is -2.18. The lowest BCUT2D eigenvalue weighted by atomic mass is 10.2. The Hall–Kier alpha value is -1.76. The summed E-state index contributed by atoms with van der Waals surface area (Å²) in [5.41, 5.74) is 0.825. The maximum absolute atomic E-state index is 12.3. The maximum Gasteiger partial charge on any atom is 0.241 e. The van der Waals surface area contributed by atoms with Crippen LogP contribution in [-0.4, -0.2) is 21.6 Å². The number of halogens is 1. The van der Waals surface area contributed by atoms with Crippen molar-refractivity contribution in [3.8, 4) is 11.5 Å². The first kappa shape index (κ1) is 15.1. The number of hydrogen-bond donors (Lipinski definition) is 1. The van der Waals surface area contributed by atoms with E-state index in [0.29, 0.717) is 29.7 Å². The van der Waals surface area contributed by atoms with Crippen molar-refractivity contribution in [1.82, 2.24) is 4.72 Å². The molecule has 116 valence electrons. The highest BCUT2D eigenvalue weighted by atomic mass is 35.5. The normalized spacial score (nSPS) is 13.9. The minimum absolute atomic E-state index is 0.144. The van der Waals surface area contributed by atoms with Gasteiger partial charge in [0.25, 0.3) is 0 Å². The van der Waals surface area contributed by atoms with Crippen LogP contribution in [0.3, 0.4) is 0 Å². The van der Waals surface area contributed by atoms with Gasteiger partial charge in [-0.1, -0.05) is 23.7 Å². The number of hydrogen-bond acceptors (Lipinski definition) is 4. The molecule has 1 N–H and O–H groups in total. The highest BCUT2D eigenvalue weighted by molar-refractivity contribution is 7.89. The highest BCUT2D eigenvalue weighted by Crippen LogP contribution is 2.32. The molecule has 0 spiro atoms. The zero-order valence-electron chi connectivity index (χ0n) is 11.6. The van der Waals surface area contributed by atoms with Crippen LogP contribution in [0.15, 0.2) is 47.4 Å². The van der Waals surface area contributed by atoms with Gasteiger partial charge in [-0.2, -0.15) is 0 Å². The predicted molar refractivity (Wildman–Crippen MR) is 82.9 cm³/mol. The molecular formula is C15H14ClNO4S. The second-order valence-corrected chi connectivity index (χ2v) is 6.96. The Morgan fingerprint density at radius 3 is 2.41 bits per heavy atom. The fourth-order valence-electron chi connectivity index (χ4n) is 2.05. The Bertz CT molecular complexity index is 775. The van der Waals surface area contributed by atoms with Crippen molar-refractivity contribution >= 4 is 21.6 Å². The van der Waals surface area contributed by atoms with E-state index in [1.807, 2.05) is 0 Å². The van der Waals surface area contributed by atoms with Gasteiger partial charge >= 0.3 is 0 Å². The number of fused-ring (bicyclic) bond motifs is 1. The molecule has 1 aliphatic rings. The van der Waals surface area contributed by atoms with E-state index in [4.69, 9.17) is 21.1 Å². The van der Waals surface area contributed by atoms with Crippen molar-refractivity contribution < 1.29 is 17.9 Å². The van der Waals surface area contributed by atoms with Crippen LogP contribution in [0.1, 0.15) is 5.56 Å². The molecule has 7 heteroatoms. The Morgan fingerprint density at radius 1 is 1.00 bits per heavy atom. The summed E-state index contributed by atoms with van der Waals surface area (Å²) >= 11 is 5.80. The number of sulfonamides is 1. The number of rotatable bonds is 4. The van der Waals surface area contributed by atoms with Crippen LogP contribution in [0, 0.1) is 0 Å². The summed E-state index contributed by atoms with van der Waals surface area (Å²) in [6.07, 6.45) is 0. The van der Waals surface area contributed by atoms with E-state index >= 15 is 0 Å². The van der Waals surface area contributed by atoms with Crippen LogP contribution in [0.25, 0.3) is 0 Å². The molecule has 3 rings (SSSR count). The Kier molecular flexibility index (Phi) is 4.24. The summed E-state index contributed by atoms with van der Waals surface area (Å²) < 4.78 is 38.0. The first-order valence-corrected chi connectivity index (χ1v) is 8.54. The van der Waals surface area contributed by atoms with Gasteiger partial charge in [-0.05, 0) is 29.8 Å². The number of benzene rings is 2. The fraction of sp³-hybridized carbons (Fsp3) is 0.200. The lowest BCUT2D eigenvalue weighted by Crippen LogP contribution is -2.23. The van der Waals surface area contributed by atoms with Gasteiger partial charge in [-0.25, -0.2) is 13.1 Å². The molecule has 0 aliphatic carbocycles. The van der Waals surface area contributed by atoms with Gasteiger partial charge < -0.3 is 9.47 Å². The van der Waals surface area contributed by atoms with Crippen LogP contribution >= 0.6 is 11.6 Å². The molecule has 0 amide bonds. The molecule has 2 aromatic rings. The molecule has 0 fully saturated rings. The van der Waals surface area contributed by atoms with Crippen LogP contribution in [0.5, 0.6) is 11.5 Å². The highest BCUT2D eigenvalue weighted by Gasteiger charge is 2.19. The second kappa shape index (κ2) is 6.16. The summed E-state index contributed by atoms with van der Waals surface area (Å²) in [4.78, 5) is 0.144. The van der Waals surface area contributed by atoms with E-state index in [1.165, 1.54) is 12.1 Å². The zero-order valence-corrected chi connectivity index (χ0v) is 13.2. The summed E-state index contributed by atoms with van der Waals surface area (Å²) in [5.74, 6) is 1.00. The molecule has 0 aromatic heterocycles. The van der Waals surface area contributed by atoms with Gasteiger partial charge in [0, 0.05) is 17.6 Å². The average molecular weight is 340 g/mol. The zero-order chi connectivity index (χ0) is 15.6. The molecule has 0 saturated carbocycles. The Morgan fingerprint density at radius 2 is 1.68 bits per heavy atom. The van der Waals surface area contributed by atoms with Gasteiger partial charge in [-0.15, -0.1) is 0 Å². The fourth-order valence-corrected chi connectivity index (χ4v) is 3.21. The van der Waals surface area contributed by atoms with E-state index in [-0.39, 0.29) is 11.4 Å². The molecule has 5 nitrogen and oxygen atoms in total. The second-order valence-electron chi connectivity index (χ2n) is 4.76. The first-order valence-electron chi connectivity index (χ1n) is 6.68. The molecule has 1 heterocycles.